The molecule has 2 N–H and O–H groups in total. The van der Waals surface area contributed by atoms with E-state index in [1.165, 1.54) is 0 Å². The second-order valence-corrected chi connectivity index (χ2v) is 3.26. The molecule has 2 nitrogen and oxygen atoms in total. The molecule has 2 atom stereocenters. The van der Waals surface area contributed by atoms with Gasteiger partial charge in [-0.15, -0.1) is 0 Å². The lowest BCUT2D eigenvalue weighted by Gasteiger charge is -2.12. The van der Waals surface area contributed by atoms with E-state index in [1.54, 1.807) is 0 Å². The van der Waals surface area contributed by atoms with Gasteiger partial charge in [-0.05, 0) is 12.8 Å². The van der Waals surface area contributed by atoms with Gasteiger partial charge in [0.15, 0.2) is 0 Å². The molecule has 54 valence electrons. The first-order valence-corrected chi connectivity index (χ1v) is 3.89. The van der Waals surface area contributed by atoms with Gasteiger partial charge in [0.1, 0.15) is 0 Å². The maximum absolute atomic E-state index is 8.57. The monoisotopic (exact) mass is 136 g/mol. The van der Waals surface area contributed by atoms with Gasteiger partial charge >= 0.3 is 0 Å². The van der Waals surface area contributed by atoms with Gasteiger partial charge in [-0.1, -0.05) is 19.1 Å². The molecule has 0 aromatic rings. The molecule has 0 radical (unpaired) electrons. The maximum atomic E-state index is 8.57. The Bertz CT molecular complexity index is 150. The van der Waals surface area contributed by atoms with E-state index in [1.807, 2.05) is 6.92 Å². The molecule has 1 heterocycles. The van der Waals surface area contributed by atoms with E-state index >= 15 is 0 Å². The van der Waals surface area contributed by atoms with Gasteiger partial charge in [-0.3, -0.25) is 0 Å². The van der Waals surface area contributed by atoms with Crippen LogP contribution in [-0.2, 0) is 0 Å². The number of hydrogen-bond acceptors (Lipinski definition) is 2. The summed E-state index contributed by atoms with van der Waals surface area (Å²) in [6, 6.07) is 0.276. The van der Waals surface area contributed by atoms with Crippen LogP contribution >= 0.6 is 0 Å². The van der Waals surface area contributed by atoms with E-state index in [0.717, 1.165) is 19.1 Å². The summed E-state index contributed by atoms with van der Waals surface area (Å²) in [6.07, 6.45) is 3.23. The highest BCUT2D eigenvalue weighted by atomic mass is 14.6. The molecule has 0 spiro atoms. The average molecular weight is 136 g/mol. The highest BCUT2D eigenvalue weighted by Gasteiger charge is 2.29. The molecule has 2 unspecified atom stereocenters. The van der Waals surface area contributed by atoms with Crippen molar-refractivity contribution in [2.24, 2.45) is 11.7 Å². The predicted molar refractivity (Wildman–Crippen MR) is 42.7 cm³/mol. The molecule has 0 aromatic carbocycles. The van der Waals surface area contributed by atoms with Crippen LogP contribution in [0.5, 0.6) is 0 Å². The molecule has 0 amide bonds. The first kappa shape index (κ1) is 7.62. The first-order chi connectivity index (χ1) is 4.74. The van der Waals surface area contributed by atoms with Crippen LogP contribution in [0.2, 0.25) is 12.6 Å². The van der Waals surface area contributed by atoms with Crippen molar-refractivity contribution in [3.8, 4) is 5.97 Å². The lowest BCUT2D eigenvalue weighted by atomic mass is 9.50. The van der Waals surface area contributed by atoms with Gasteiger partial charge in [-0.2, -0.15) is 0 Å². The van der Waals surface area contributed by atoms with Crippen molar-refractivity contribution >= 4 is 6.71 Å². The number of nitriles is 1. The molecule has 0 aliphatic carbocycles. The molecule has 3 heteroatoms. The third-order valence-electron chi connectivity index (χ3n) is 2.40. The fraction of sp³-hybridized carbons (Fsp3) is 0.857. The zero-order valence-corrected chi connectivity index (χ0v) is 6.38. The molecule has 1 saturated heterocycles. The second kappa shape index (κ2) is 3.07. The zero-order valence-electron chi connectivity index (χ0n) is 6.38. The normalized spacial score (nSPS) is 28.1. The average Bonchev–Trinajstić information content (AvgIpc) is 2.34. The summed E-state index contributed by atoms with van der Waals surface area (Å²) in [5.41, 5.74) is 5.71. The summed E-state index contributed by atoms with van der Waals surface area (Å²) in [7, 11) is 0. The smallest absolute Gasteiger partial charge is 0.268 e. The first-order valence-electron chi connectivity index (χ1n) is 3.89. The fourth-order valence-electron chi connectivity index (χ4n) is 1.61. The standard InChI is InChI=1S/C7H13BN2/c1-6(10)7-2-3-8(4-7)5-9/h6-7H,2-4,10H2,1H3. The van der Waals surface area contributed by atoms with Crippen LogP contribution < -0.4 is 5.73 Å². The van der Waals surface area contributed by atoms with Crippen LogP contribution in [0, 0.1) is 17.1 Å². The van der Waals surface area contributed by atoms with E-state index in [4.69, 9.17) is 11.0 Å². The summed E-state index contributed by atoms with van der Waals surface area (Å²) in [5, 5.41) is 8.57. The Morgan fingerprint density at radius 3 is 2.80 bits per heavy atom. The van der Waals surface area contributed by atoms with Crippen molar-refractivity contribution in [2.75, 3.05) is 0 Å². The largest absolute Gasteiger partial charge is 0.328 e. The Balaban J connectivity index is 2.37. The maximum Gasteiger partial charge on any atom is 0.268 e. The van der Waals surface area contributed by atoms with Gasteiger partial charge in [0.25, 0.3) is 6.71 Å². The minimum atomic E-state index is 0.276. The fourth-order valence-corrected chi connectivity index (χ4v) is 1.61. The lowest BCUT2D eigenvalue weighted by Crippen LogP contribution is -2.24. The van der Waals surface area contributed by atoms with Crippen molar-refractivity contribution < 1.29 is 0 Å². The Labute approximate surface area is 62.5 Å². The summed E-state index contributed by atoms with van der Waals surface area (Å²) in [5.74, 6) is 2.89. The van der Waals surface area contributed by atoms with Gasteiger partial charge in [0, 0.05) is 12.0 Å². The topological polar surface area (TPSA) is 49.8 Å². The van der Waals surface area contributed by atoms with Crippen LogP contribution in [0.4, 0.5) is 0 Å². The second-order valence-electron chi connectivity index (χ2n) is 3.26. The van der Waals surface area contributed by atoms with E-state index < -0.39 is 0 Å². The van der Waals surface area contributed by atoms with Gasteiger partial charge in [-0.25, -0.2) is 5.26 Å². The molecular formula is C7H13BN2. The third-order valence-corrected chi connectivity index (χ3v) is 2.40. The van der Waals surface area contributed by atoms with E-state index in [2.05, 4.69) is 5.97 Å². The van der Waals surface area contributed by atoms with Crippen molar-refractivity contribution in [1.82, 2.24) is 0 Å². The third kappa shape index (κ3) is 1.51. The SMILES string of the molecule is CC(N)C1CCB(C#N)C1. The molecule has 0 bridgehead atoms. The molecule has 0 aromatic heterocycles. The number of hydrogen-bond donors (Lipinski definition) is 1. The van der Waals surface area contributed by atoms with Crippen LogP contribution in [0.3, 0.4) is 0 Å². The zero-order chi connectivity index (χ0) is 7.56. The quantitative estimate of drug-likeness (QED) is 0.544. The molecular weight excluding hydrogens is 123 g/mol. The molecule has 1 aliphatic heterocycles. The summed E-state index contributed by atoms with van der Waals surface area (Å²) in [4.78, 5) is 0. The molecule has 0 saturated carbocycles. The van der Waals surface area contributed by atoms with Crippen LogP contribution in [0.15, 0.2) is 0 Å². The number of nitrogens with zero attached hydrogens (tertiary/aromatic N) is 1. The summed E-state index contributed by atoms with van der Waals surface area (Å²) in [6.45, 7) is 2.32. The van der Waals surface area contributed by atoms with E-state index in [-0.39, 0.29) is 12.8 Å². The van der Waals surface area contributed by atoms with Crippen molar-refractivity contribution in [3.63, 3.8) is 0 Å². The van der Waals surface area contributed by atoms with Gasteiger partial charge < -0.3 is 5.73 Å². The van der Waals surface area contributed by atoms with Gasteiger partial charge in [0.2, 0.25) is 0 Å². The Morgan fingerprint density at radius 1 is 1.80 bits per heavy atom. The number of nitrogens with two attached hydrogens (primary N) is 1. The molecule has 1 aliphatic rings. The highest BCUT2D eigenvalue weighted by molar-refractivity contribution is 6.67. The van der Waals surface area contributed by atoms with Crippen molar-refractivity contribution in [3.05, 3.63) is 0 Å². The van der Waals surface area contributed by atoms with Crippen LogP contribution in [0.25, 0.3) is 0 Å². The Kier molecular flexibility index (Phi) is 2.34. The van der Waals surface area contributed by atoms with Crippen LogP contribution in [-0.4, -0.2) is 12.8 Å². The van der Waals surface area contributed by atoms with E-state index in [9.17, 15) is 0 Å². The summed E-state index contributed by atoms with van der Waals surface area (Å²) >= 11 is 0. The minimum Gasteiger partial charge on any atom is -0.328 e. The van der Waals surface area contributed by atoms with Crippen LogP contribution in [0.1, 0.15) is 13.3 Å². The Morgan fingerprint density at radius 2 is 2.50 bits per heavy atom. The van der Waals surface area contributed by atoms with Crippen molar-refractivity contribution in [2.45, 2.75) is 32.0 Å². The van der Waals surface area contributed by atoms with Gasteiger partial charge in [0.05, 0.1) is 0 Å². The predicted octanol–water partition coefficient (Wildman–Crippen LogP) is 0.911. The minimum absolute atomic E-state index is 0.276. The lowest BCUT2D eigenvalue weighted by molar-refractivity contribution is 0.489. The Hall–Kier alpha value is -0.485. The number of rotatable bonds is 1. The van der Waals surface area contributed by atoms with E-state index in [0.29, 0.717) is 5.92 Å². The molecule has 1 fully saturated rings. The highest BCUT2D eigenvalue weighted by Crippen LogP contribution is 2.27. The molecule has 10 heavy (non-hydrogen) atoms. The van der Waals surface area contributed by atoms with Crippen molar-refractivity contribution in [1.29, 1.82) is 5.26 Å². The molecule has 1 rings (SSSR count). The summed E-state index contributed by atoms with van der Waals surface area (Å²) < 4.78 is 0.